The first-order chi connectivity index (χ1) is 7.61. The monoisotopic (exact) mass is 238 g/mol. The Morgan fingerprint density at radius 1 is 1.19 bits per heavy atom. The Labute approximate surface area is 95.4 Å². The van der Waals surface area contributed by atoms with Crippen molar-refractivity contribution in [2.45, 2.75) is 6.92 Å². The van der Waals surface area contributed by atoms with E-state index in [1.807, 2.05) is 0 Å². The third kappa shape index (κ3) is 1.76. The fourth-order valence-corrected chi connectivity index (χ4v) is 2.14. The Morgan fingerprint density at radius 3 is 2.56 bits per heavy atom. The number of carbonyl (C=O) groups is 1. The van der Waals surface area contributed by atoms with Gasteiger partial charge in [-0.1, -0.05) is 6.07 Å². The Morgan fingerprint density at radius 2 is 1.94 bits per heavy atom. The van der Waals surface area contributed by atoms with E-state index in [0.717, 1.165) is 10.9 Å². The van der Waals surface area contributed by atoms with Crippen LogP contribution in [0.25, 0.3) is 0 Å². The van der Waals surface area contributed by atoms with Crippen LogP contribution in [0.15, 0.2) is 29.6 Å². The van der Waals surface area contributed by atoms with Gasteiger partial charge in [0.1, 0.15) is 0 Å². The SMILES string of the molecule is Cc1sccc1C(=O)c1cccc(F)c1F. The van der Waals surface area contributed by atoms with Crippen molar-refractivity contribution in [3.05, 3.63) is 57.3 Å². The van der Waals surface area contributed by atoms with Gasteiger partial charge in [0.15, 0.2) is 17.4 Å². The van der Waals surface area contributed by atoms with Crippen molar-refractivity contribution in [2.24, 2.45) is 0 Å². The number of hydrogen-bond acceptors (Lipinski definition) is 2. The number of rotatable bonds is 2. The first-order valence-electron chi connectivity index (χ1n) is 4.64. The summed E-state index contributed by atoms with van der Waals surface area (Å²) >= 11 is 1.40. The molecule has 1 nitrogen and oxygen atoms in total. The fourth-order valence-electron chi connectivity index (χ4n) is 1.44. The van der Waals surface area contributed by atoms with Gasteiger partial charge in [-0.05, 0) is 30.5 Å². The Kier molecular flexibility index (Phi) is 2.83. The lowest BCUT2D eigenvalue weighted by molar-refractivity contribution is 0.103. The van der Waals surface area contributed by atoms with E-state index in [4.69, 9.17) is 0 Å². The highest BCUT2D eigenvalue weighted by Crippen LogP contribution is 2.21. The van der Waals surface area contributed by atoms with Crippen molar-refractivity contribution in [1.29, 1.82) is 0 Å². The molecule has 4 heteroatoms. The van der Waals surface area contributed by atoms with Crippen LogP contribution < -0.4 is 0 Å². The highest BCUT2D eigenvalue weighted by molar-refractivity contribution is 7.10. The van der Waals surface area contributed by atoms with E-state index in [1.54, 1.807) is 18.4 Å². The summed E-state index contributed by atoms with van der Waals surface area (Å²) in [5.74, 6) is -2.56. The fraction of sp³-hybridized carbons (Fsp3) is 0.0833. The maximum atomic E-state index is 13.4. The van der Waals surface area contributed by atoms with Crippen LogP contribution in [-0.4, -0.2) is 5.78 Å². The molecule has 2 rings (SSSR count). The van der Waals surface area contributed by atoms with Gasteiger partial charge in [0.25, 0.3) is 0 Å². The summed E-state index contributed by atoms with van der Waals surface area (Å²) in [5.41, 5.74) is 0.205. The van der Waals surface area contributed by atoms with E-state index in [-0.39, 0.29) is 5.56 Å². The Balaban J connectivity index is 2.50. The molecule has 0 aliphatic heterocycles. The minimum Gasteiger partial charge on any atom is -0.288 e. The van der Waals surface area contributed by atoms with Crippen LogP contribution in [-0.2, 0) is 0 Å². The van der Waals surface area contributed by atoms with Gasteiger partial charge in [0.2, 0.25) is 0 Å². The van der Waals surface area contributed by atoms with Gasteiger partial charge in [0, 0.05) is 10.4 Å². The summed E-state index contributed by atoms with van der Waals surface area (Å²) in [6, 6.07) is 5.23. The molecule has 0 bridgehead atoms. The van der Waals surface area contributed by atoms with Crippen LogP contribution in [0.2, 0.25) is 0 Å². The molecule has 16 heavy (non-hydrogen) atoms. The number of benzene rings is 1. The zero-order valence-electron chi connectivity index (χ0n) is 8.46. The van der Waals surface area contributed by atoms with Crippen molar-refractivity contribution < 1.29 is 13.6 Å². The first-order valence-corrected chi connectivity index (χ1v) is 5.52. The number of aryl methyl sites for hydroxylation is 1. The molecule has 0 N–H and O–H groups in total. The molecule has 0 aliphatic rings. The zero-order chi connectivity index (χ0) is 11.7. The maximum absolute atomic E-state index is 13.4. The van der Waals surface area contributed by atoms with E-state index >= 15 is 0 Å². The van der Waals surface area contributed by atoms with Crippen LogP contribution >= 0.6 is 11.3 Å². The minimum absolute atomic E-state index is 0.221. The van der Waals surface area contributed by atoms with Crippen molar-refractivity contribution in [3.8, 4) is 0 Å². The van der Waals surface area contributed by atoms with E-state index in [0.29, 0.717) is 5.56 Å². The van der Waals surface area contributed by atoms with Crippen molar-refractivity contribution in [2.75, 3.05) is 0 Å². The van der Waals surface area contributed by atoms with Crippen LogP contribution in [0.5, 0.6) is 0 Å². The molecule has 0 unspecified atom stereocenters. The van der Waals surface area contributed by atoms with E-state index < -0.39 is 17.4 Å². The lowest BCUT2D eigenvalue weighted by Gasteiger charge is -2.02. The topological polar surface area (TPSA) is 17.1 Å². The first kappa shape index (κ1) is 11.0. The third-order valence-electron chi connectivity index (χ3n) is 2.30. The van der Waals surface area contributed by atoms with E-state index in [1.165, 1.54) is 23.5 Å². The van der Waals surface area contributed by atoms with E-state index in [9.17, 15) is 13.6 Å². The van der Waals surface area contributed by atoms with Gasteiger partial charge < -0.3 is 0 Å². The summed E-state index contributed by atoms with van der Waals surface area (Å²) in [5, 5.41) is 1.75. The summed E-state index contributed by atoms with van der Waals surface area (Å²) in [6.45, 7) is 1.77. The molecule has 0 radical (unpaired) electrons. The van der Waals surface area contributed by atoms with Crippen LogP contribution in [0.1, 0.15) is 20.8 Å². The third-order valence-corrected chi connectivity index (χ3v) is 3.15. The predicted octanol–water partition coefficient (Wildman–Crippen LogP) is 3.57. The second-order valence-corrected chi connectivity index (χ2v) is 4.44. The number of hydrogen-bond donors (Lipinski definition) is 0. The van der Waals surface area contributed by atoms with Crippen molar-refractivity contribution >= 4 is 17.1 Å². The number of thiophene rings is 1. The maximum Gasteiger partial charge on any atom is 0.197 e. The van der Waals surface area contributed by atoms with Crippen LogP contribution in [0.3, 0.4) is 0 Å². The van der Waals surface area contributed by atoms with Gasteiger partial charge in [-0.15, -0.1) is 11.3 Å². The molecule has 0 saturated heterocycles. The van der Waals surface area contributed by atoms with Crippen LogP contribution in [0, 0.1) is 18.6 Å². The van der Waals surface area contributed by atoms with Crippen molar-refractivity contribution in [3.63, 3.8) is 0 Å². The Bertz CT molecular complexity index is 546. The molecule has 1 heterocycles. The molecule has 0 atom stereocenters. The second-order valence-electron chi connectivity index (χ2n) is 3.32. The number of halogens is 2. The van der Waals surface area contributed by atoms with Crippen molar-refractivity contribution in [1.82, 2.24) is 0 Å². The second kappa shape index (κ2) is 4.14. The zero-order valence-corrected chi connectivity index (χ0v) is 9.28. The normalized spacial score (nSPS) is 10.4. The summed E-state index contributed by atoms with van der Waals surface area (Å²) < 4.78 is 26.3. The number of ketones is 1. The quantitative estimate of drug-likeness (QED) is 0.731. The molecular formula is C12H8F2OS. The molecule has 0 amide bonds. The van der Waals surface area contributed by atoms with E-state index in [2.05, 4.69) is 0 Å². The average Bonchev–Trinajstić information content (AvgIpc) is 2.68. The molecular weight excluding hydrogens is 230 g/mol. The standard InChI is InChI=1S/C12H8F2OS/c1-7-8(5-6-16-7)12(15)9-3-2-4-10(13)11(9)14/h2-6H,1H3. The van der Waals surface area contributed by atoms with Gasteiger partial charge in [-0.2, -0.15) is 0 Å². The van der Waals surface area contributed by atoms with Gasteiger partial charge >= 0.3 is 0 Å². The lowest BCUT2D eigenvalue weighted by Crippen LogP contribution is -2.05. The van der Waals surface area contributed by atoms with Gasteiger partial charge in [0.05, 0.1) is 5.56 Å². The largest absolute Gasteiger partial charge is 0.288 e. The van der Waals surface area contributed by atoms with Crippen LogP contribution in [0.4, 0.5) is 8.78 Å². The molecule has 0 aliphatic carbocycles. The Hall–Kier alpha value is -1.55. The molecule has 0 fully saturated rings. The molecule has 2 aromatic rings. The summed E-state index contributed by atoms with van der Waals surface area (Å²) in [4.78, 5) is 12.7. The molecule has 0 spiro atoms. The average molecular weight is 238 g/mol. The minimum atomic E-state index is -1.09. The smallest absolute Gasteiger partial charge is 0.197 e. The summed E-state index contributed by atoms with van der Waals surface area (Å²) in [6.07, 6.45) is 0. The number of carbonyl (C=O) groups excluding carboxylic acids is 1. The summed E-state index contributed by atoms with van der Waals surface area (Å²) in [7, 11) is 0. The highest BCUT2D eigenvalue weighted by Gasteiger charge is 2.18. The lowest BCUT2D eigenvalue weighted by atomic mass is 10.0. The van der Waals surface area contributed by atoms with Gasteiger partial charge in [-0.25, -0.2) is 8.78 Å². The molecule has 82 valence electrons. The highest BCUT2D eigenvalue weighted by atomic mass is 32.1. The molecule has 1 aromatic heterocycles. The molecule has 0 saturated carbocycles. The molecule has 1 aromatic carbocycles. The van der Waals surface area contributed by atoms with Gasteiger partial charge in [-0.3, -0.25) is 4.79 Å². The predicted molar refractivity (Wildman–Crippen MR) is 58.8 cm³/mol.